The largest absolute Gasteiger partial charge is 0.493 e. The fourth-order valence-corrected chi connectivity index (χ4v) is 8.72. The SMILES string of the molecule is CCCC(C(=O)N[C@@H]1c2cc3c(cc2[C@@H](c2cc(OC)c(OC)c(OC)c2)[C@H]2C(=O)OC[C@@H]21)OCO3)N(C(=O)C1=CC(C)(C)N(O)C1(C)C)C(C)(C)C. The van der Waals surface area contributed by atoms with Gasteiger partial charge in [-0.2, -0.15) is 5.06 Å². The molecule has 2 aromatic carbocycles. The van der Waals surface area contributed by atoms with Crippen molar-refractivity contribution in [1.82, 2.24) is 15.3 Å². The molecule has 1 fully saturated rings. The predicted octanol–water partition coefficient (Wildman–Crippen LogP) is 5.52. The zero-order valence-corrected chi connectivity index (χ0v) is 32.6. The molecule has 6 rings (SSSR count). The summed E-state index contributed by atoms with van der Waals surface area (Å²) < 4.78 is 34.4. The Balaban J connectivity index is 1.45. The number of ether oxygens (including phenoxy) is 6. The number of nitrogens with zero attached hydrogens (tertiary/aromatic N) is 2. The summed E-state index contributed by atoms with van der Waals surface area (Å²) in [6.07, 6.45) is 2.78. The average Bonchev–Trinajstić information content (AvgIpc) is 3.77. The van der Waals surface area contributed by atoms with Gasteiger partial charge >= 0.3 is 5.97 Å². The molecule has 0 saturated carbocycles. The lowest BCUT2D eigenvalue weighted by atomic mass is 9.65. The Hall–Kier alpha value is -4.49. The first-order chi connectivity index (χ1) is 24.9. The molecule has 288 valence electrons. The third-order valence-corrected chi connectivity index (χ3v) is 11.1. The molecule has 2 N–H and O–H groups in total. The number of amides is 2. The Kier molecular flexibility index (Phi) is 9.91. The van der Waals surface area contributed by atoms with Gasteiger partial charge in [-0.05, 0) is 95.8 Å². The Labute approximate surface area is 311 Å². The van der Waals surface area contributed by atoms with E-state index in [0.717, 1.165) is 16.7 Å². The van der Waals surface area contributed by atoms with Crippen LogP contribution >= 0.6 is 0 Å². The van der Waals surface area contributed by atoms with Gasteiger partial charge in [0.05, 0.1) is 51.0 Å². The molecule has 1 aliphatic carbocycles. The molecule has 2 amide bonds. The highest BCUT2D eigenvalue weighted by atomic mass is 16.7. The zero-order chi connectivity index (χ0) is 38.8. The van der Waals surface area contributed by atoms with E-state index in [0.29, 0.717) is 47.2 Å². The Bertz CT molecular complexity index is 1800. The summed E-state index contributed by atoms with van der Waals surface area (Å²) in [5, 5.41) is 15.6. The van der Waals surface area contributed by atoms with Crippen LogP contribution in [0.4, 0.5) is 0 Å². The van der Waals surface area contributed by atoms with Crippen LogP contribution in [0.25, 0.3) is 0 Å². The van der Waals surface area contributed by atoms with Crippen LogP contribution in [0.2, 0.25) is 0 Å². The molecule has 0 aromatic heterocycles. The number of carbonyl (C=O) groups is 3. The van der Waals surface area contributed by atoms with Gasteiger partial charge in [0.1, 0.15) is 6.04 Å². The van der Waals surface area contributed by atoms with E-state index in [-0.39, 0.29) is 31.2 Å². The number of nitrogens with one attached hydrogen (secondary N) is 1. The van der Waals surface area contributed by atoms with Crippen LogP contribution in [0.15, 0.2) is 35.9 Å². The standard InChI is InChI=1S/C40H53N3O10/c1-12-13-26(42(38(2,3)4)36(45)25-18-39(5,6)43(47)40(25,7)8)35(44)41-33-23-17-28-27(52-20-53-28)16-22(23)31(32-24(33)19-51-37(32)46)21-14-29(48-9)34(50-11)30(15-21)49-10/h14-18,24,26,31-33,47H,12-13,19-20H2,1-11H3,(H,41,44)/t24-,26?,31+,32-,33+/m0/s1. The molecule has 0 bridgehead atoms. The maximum absolute atomic E-state index is 14.9. The maximum atomic E-state index is 14.9. The number of cyclic esters (lactones) is 1. The first kappa shape index (κ1) is 38.2. The maximum Gasteiger partial charge on any atom is 0.310 e. The molecule has 0 radical (unpaired) electrons. The second-order valence-corrected chi connectivity index (χ2v) is 16.3. The Morgan fingerprint density at radius 2 is 1.58 bits per heavy atom. The highest BCUT2D eigenvalue weighted by Crippen LogP contribution is 2.56. The molecule has 0 spiro atoms. The van der Waals surface area contributed by atoms with Crippen LogP contribution in [-0.2, 0) is 19.1 Å². The van der Waals surface area contributed by atoms with Gasteiger partial charge in [-0.3, -0.25) is 14.4 Å². The van der Waals surface area contributed by atoms with Crippen molar-refractivity contribution in [2.45, 2.75) is 103 Å². The molecule has 3 aliphatic heterocycles. The summed E-state index contributed by atoms with van der Waals surface area (Å²) in [6.45, 7) is 15.1. The van der Waals surface area contributed by atoms with Gasteiger partial charge in [-0.25, -0.2) is 0 Å². The van der Waals surface area contributed by atoms with E-state index in [9.17, 15) is 19.6 Å². The molecule has 1 saturated heterocycles. The van der Waals surface area contributed by atoms with Crippen molar-refractivity contribution in [3.63, 3.8) is 0 Å². The van der Waals surface area contributed by atoms with Crippen molar-refractivity contribution >= 4 is 17.8 Å². The van der Waals surface area contributed by atoms with Crippen LogP contribution in [0, 0.1) is 11.8 Å². The summed E-state index contributed by atoms with van der Waals surface area (Å²) in [7, 11) is 4.60. The van der Waals surface area contributed by atoms with Crippen LogP contribution in [-0.4, -0.2) is 90.3 Å². The van der Waals surface area contributed by atoms with Crippen molar-refractivity contribution in [2.24, 2.45) is 11.8 Å². The third kappa shape index (κ3) is 6.35. The smallest absolute Gasteiger partial charge is 0.310 e. The minimum Gasteiger partial charge on any atom is -0.493 e. The topological polar surface area (TPSA) is 145 Å². The van der Waals surface area contributed by atoms with Gasteiger partial charge in [-0.1, -0.05) is 19.4 Å². The molecule has 2 aromatic rings. The molecule has 3 heterocycles. The number of benzene rings is 2. The van der Waals surface area contributed by atoms with Gasteiger partial charge in [-0.15, -0.1) is 0 Å². The molecule has 13 heteroatoms. The third-order valence-electron chi connectivity index (χ3n) is 11.1. The highest BCUT2D eigenvalue weighted by Gasteiger charge is 2.55. The fourth-order valence-electron chi connectivity index (χ4n) is 8.72. The molecule has 53 heavy (non-hydrogen) atoms. The second-order valence-electron chi connectivity index (χ2n) is 16.3. The second kappa shape index (κ2) is 13.7. The van der Waals surface area contributed by atoms with Crippen molar-refractivity contribution in [2.75, 3.05) is 34.7 Å². The van der Waals surface area contributed by atoms with Gasteiger partial charge in [0, 0.05) is 22.9 Å². The summed E-state index contributed by atoms with van der Waals surface area (Å²) in [5.74, 6) is -0.416. The Morgan fingerprint density at radius 3 is 2.09 bits per heavy atom. The molecule has 13 nitrogen and oxygen atoms in total. The number of esters is 1. The van der Waals surface area contributed by atoms with Crippen molar-refractivity contribution < 1.29 is 48.0 Å². The van der Waals surface area contributed by atoms with E-state index < -0.39 is 46.5 Å². The predicted molar refractivity (Wildman–Crippen MR) is 194 cm³/mol. The lowest BCUT2D eigenvalue weighted by Gasteiger charge is -2.45. The number of methoxy groups -OCH3 is 3. The fraction of sp³-hybridized carbons (Fsp3) is 0.575. The number of hydrogen-bond acceptors (Lipinski definition) is 11. The van der Waals surface area contributed by atoms with E-state index in [2.05, 4.69) is 5.32 Å². The first-order valence-electron chi connectivity index (χ1n) is 18.2. The number of carbonyl (C=O) groups excluding carboxylic acids is 3. The van der Waals surface area contributed by atoms with E-state index in [1.807, 2.05) is 65.8 Å². The minimum atomic E-state index is -1.00. The summed E-state index contributed by atoms with van der Waals surface area (Å²) >= 11 is 0. The van der Waals surface area contributed by atoms with Gasteiger partial charge in [0.25, 0.3) is 5.91 Å². The van der Waals surface area contributed by atoms with E-state index in [1.165, 1.54) is 26.4 Å². The Morgan fingerprint density at radius 1 is 0.981 bits per heavy atom. The highest BCUT2D eigenvalue weighted by molar-refractivity contribution is 6.00. The van der Waals surface area contributed by atoms with Crippen LogP contribution < -0.4 is 29.0 Å². The minimum absolute atomic E-state index is 0.0362. The summed E-state index contributed by atoms with van der Waals surface area (Å²) in [5.41, 5.74) is 0.0824. The van der Waals surface area contributed by atoms with E-state index in [1.54, 1.807) is 24.8 Å². The van der Waals surface area contributed by atoms with Crippen LogP contribution in [0.5, 0.6) is 28.7 Å². The molecule has 5 atom stereocenters. The van der Waals surface area contributed by atoms with Crippen molar-refractivity contribution in [1.29, 1.82) is 0 Å². The molecule has 1 unspecified atom stereocenters. The van der Waals surface area contributed by atoms with E-state index >= 15 is 0 Å². The molecular weight excluding hydrogens is 682 g/mol. The van der Waals surface area contributed by atoms with Crippen molar-refractivity contribution in [3.8, 4) is 28.7 Å². The summed E-state index contributed by atoms with van der Waals surface area (Å²) in [6, 6.07) is 5.87. The lowest BCUT2D eigenvalue weighted by Crippen LogP contribution is -2.60. The van der Waals surface area contributed by atoms with Crippen molar-refractivity contribution in [3.05, 3.63) is 52.6 Å². The number of hydroxylamine groups is 2. The van der Waals surface area contributed by atoms with Gasteiger partial charge < -0.3 is 43.8 Å². The molecular formula is C40H53N3O10. The molecule has 4 aliphatic rings. The number of rotatable bonds is 10. The number of fused-ring (bicyclic) bond motifs is 3. The summed E-state index contributed by atoms with van der Waals surface area (Å²) in [4.78, 5) is 45.0. The average molecular weight is 736 g/mol. The number of hydrogen-bond donors (Lipinski definition) is 2. The quantitative estimate of drug-likeness (QED) is 0.298. The van der Waals surface area contributed by atoms with Crippen LogP contribution in [0.3, 0.4) is 0 Å². The monoisotopic (exact) mass is 735 g/mol. The normalized spacial score (nSPS) is 24.4. The first-order valence-corrected chi connectivity index (χ1v) is 18.2. The van der Waals surface area contributed by atoms with E-state index in [4.69, 9.17) is 28.4 Å². The van der Waals surface area contributed by atoms with Gasteiger partial charge in [0.15, 0.2) is 23.0 Å². The lowest BCUT2D eigenvalue weighted by molar-refractivity contribution is -0.187. The zero-order valence-electron chi connectivity index (χ0n) is 32.6. The van der Waals surface area contributed by atoms with Gasteiger partial charge in [0.2, 0.25) is 18.4 Å². The van der Waals surface area contributed by atoms with Crippen LogP contribution in [0.1, 0.15) is 96.9 Å².